The minimum atomic E-state index is 0.0313. The van der Waals surface area contributed by atoms with Crippen LogP contribution in [-0.4, -0.2) is 28.6 Å². The monoisotopic (exact) mass is 248 g/mol. The van der Waals surface area contributed by atoms with Crippen molar-refractivity contribution in [1.29, 1.82) is 0 Å². The van der Waals surface area contributed by atoms with E-state index in [4.69, 9.17) is 4.74 Å². The van der Waals surface area contributed by atoms with E-state index in [1.807, 2.05) is 12.1 Å². The number of imidazole rings is 1. The molecule has 0 fully saturated rings. The summed E-state index contributed by atoms with van der Waals surface area (Å²) in [6.07, 6.45) is 3.39. The largest absolute Gasteiger partial charge is 0.496 e. The average Bonchev–Trinajstić information content (AvgIpc) is 2.89. The summed E-state index contributed by atoms with van der Waals surface area (Å²) in [6, 6.07) is 7.22. The van der Waals surface area contributed by atoms with E-state index in [2.05, 4.69) is 9.97 Å². The number of carbonyl (C=O) groups excluding carboxylic acids is 1. The molecule has 1 N–H and O–H groups in total. The molecule has 0 radical (unpaired) electrons. The molecule has 4 nitrogen and oxygen atoms in total. The molecule has 0 amide bonds. The number of nitrogens with zero attached hydrogens (tertiary/aromatic N) is 1. The van der Waals surface area contributed by atoms with Crippen molar-refractivity contribution >= 4 is 17.5 Å². The van der Waals surface area contributed by atoms with Crippen LogP contribution in [0, 0.1) is 0 Å². The van der Waals surface area contributed by atoms with Gasteiger partial charge in [0.15, 0.2) is 10.9 Å². The van der Waals surface area contributed by atoms with Crippen LogP contribution in [0.2, 0.25) is 0 Å². The van der Waals surface area contributed by atoms with Crippen LogP contribution in [0.25, 0.3) is 0 Å². The van der Waals surface area contributed by atoms with Crippen LogP contribution >= 0.6 is 11.8 Å². The van der Waals surface area contributed by atoms with Gasteiger partial charge in [0.05, 0.1) is 18.4 Å². The van der Waals surface area contributed by atoms with E-state index in [1.165, 1.54) is 11.8 Å². The number of rotatable bonds is 5. The van der Waals surface area contributed by atoms with Crippen LogP contribution in [0.1, 0.15) is 10.4 Å². The number of aromatic nitrogens is 2. The van der Waals surface area contributed by atoms with Crippen molar-refractivity contribution in [3.63, 3.8) is 0 Å². The Kier molecular flexibility index (Phi) is 3.82. The van der Waals surface area contributed by atoms with Crippen molar-refractivity contribution in [3.8, 4) is 5.75 Å². The van der Waals surface area contributed by atoms with E-state index in [0.717, 1.165) is 5.16 Å². The molecule has 17 heavy (non-hydrogen) atoms. The molecule has 0 spiro atoms. The number of para-hydroxylation sites is 1. The molecule has 1 aromatic heterocycles. The molecular weight excluding hydrogens is 236 g/mol. The summed E-state index contributed by atoms with van der Waals surface area (Å²) in [7, 11) is 1.56. The second kappa shape index (κ2) is 5.54. The van der Waals surface area contributed by atoms with Crippen LogP contribution in [0.3, 0.4) is 0 Å². The maximum Gasteiger partial charge on any atom is 0.176 e. The second-order valence-electron chi connectivity index (χ2n) is 3.31. The molecule has 0 bridgehead atoms. The van der Waals surface area contributed by atoms with E-state index in [0.29, 0.717) is 17.1 Å². The van der Waals surface area contributed by atoms with Crippen molar-refractivity contribution in [2.75, 3.05) is 12.9 Å². The summed E-state index contributed by atoms with van der Waals surface area (Å²) < 4.78 is 5.15. The average molecular weight is 248 g/mol. The van der Waals surface area contributed by atoms with E-state index in [-0.39, 0.29) is 5.78 Å². The molecular formula is C12H12N2O2S. The van der Waals surface area contributed by atoms with Gasteiger partial charge in [-0.25, -0.2) is 4.98 Å². The van der Waals surface area contributed by atoms with Gasteiger partial charge in [0.1, 0.15) is 5.75 Å². The molecule has 2 rings (SSSR count). The number of carbonyl (C=O) groups is 1. The van der Waals surface area contributed by atoms with Crippen LogP contribution in [0.4, 0.5) is 0 Å². The maximum atomic E-state index is 12.0. The van der Waals surface area contributed by atoms with Gasteiger partial charge < -0.3 is 9.72 Å². The lowest BCUT2D eigenvalue weighted by Gasteiger charge is -2.06. The highest BCUT2D eigenvalue weighted by atomic mass is 32.2. The third-order valence-corrected chi connectivity index (χ3v) is 3.12. The van der Waals surface area contributed by atoms with E-state index >= 15 is 0 Å². The summed E-state index contributed by atoms with van der Waals surface area (Å²) in [4.78, 5) is 19.0. The summed E-state index contributed by atoms with van der Waals surface area (Å²) in [5.74, 6) is 0.981. The minimum absolute atomic E-state index is 0.0313. The van der Waals surface area contributed by atoms with Crippen LogP contribution in [0.5, 0.6) is 5.75 Å². The number of H-pyrrole nitrogens is 1. The highest BCUT2D eigenvalue weighted by Crippen LogP contribution is 2.21. The molecule has 1 aromatic carbocycles. The first-order valence-electron chi connectivity index (χ1n) is 5.09. The Morgan fingerprint density at radius 2 is 2.29 bits per heavy atom. The van der Waals surface area contributed by atoms with Gasteiger partial charge in [0.2, 0.25) is 0 Å². The highest BCUT2D eigenvalue weighted by Gasteiger charge is 2.12. The van der Waals surface area contributed by atoms with Gasteiger partial charge in [0.25, 0.3) is 0 Å². The number of aromatic amines is 1. The van der Waals surface area contributed by atoms with Crippen molar-refractivity contribution < 1.29 is 9.53 Å². The summed E-state index contributed by atoms with van der Waals surface area (Å²) >= 11 is 1.38. The summed E-state index contributed by atoms with van der Waals surface area (Å²) in [6.45, 7) is 0. The minimum Gasteiger partial charge on any atom is -0.496 e. The van der Waals surface area contributed by atoms with Gasteiger partial charge in [-0.1, -0.05) is 23.9 Å². The Bertz CT molecular complexity index is 497. The molecule has 0 aliphatic rings. The zero-order valence-electron chi connectivity index (χ0n) is 9.34. The van der Waals surface area contributed by atoms with Gasteiger partial charge in [-0.05, 0) is 12.1 Å². The lowest BCUT2D eigenvalue weighted by Crippen LogP contribution is -2.04. The van der Waals surface area contributed by atoms with Gasteiger partial charge in [-0.15, -0.1) is 0 Å². The summed E-state index contributed by atoms with van der Waals surface area (Å²) in [5, 5.41) is 0.744. The zero-order chi connectivity index (χ0) is 12.1. The molecule has 88 valence electrons. The van der Waals surface area contributed by atoms with Crippen molar-refractivity contribution in [1.82, 2.24) is 9.97 Å². The van der Waals surface area contributed by atoms with Crippen LogP contribution in [-0.2, 0) is 0 Å². The van der Waals surface area contributed by atoms with E-state index in [9.17, 15) is 4.79 Å². The predicted molar refractivity (Wildman–Crippen MR) is 66.6 cm³/mol. The first-order chi connectivity index (χ1) is 8.31. The van der Waals surface area contributed by atoms with Crippen molar-refractivity contribution in [2.24, 2.45) is 0 Å². The number of hydrogen-bond donors (Lipinski definition) is 1. The fourth-order valence-corrected chi connectivity index (χ4v) is 2.13. The molecule has 0 unspecified atom stereocenters. The number of thioether (sulfide) groups is 1. The third kappa shape index (κ3) is 2.88. The molecule has 0 saturated carbocycles. The number of benzene rings is 1. The molecule has 0 atom stereocenters. The Hall–Kier alpha value is -1.75. The third-order valence-electron chi connectivity index (χ3n) is 2.22. The molecule has 2 aromatic rings. The first-order valence-corrected chi connectivity index (χ1v) is 6.08. The zero-order valence-corrected chi connectivity index (χ0v) is 10.2. The molecule has 0 aliphatic carbocycles. The topological polar surface area (TPSA) is 55.0 Å². The summed E-state index contributed by atoms with van der Waals surface area (Å²) in [5.41, 5.74) is 0.606. The lowest BCUT2D eigenvalue weighted by atomic mass is 10.1. The number of ether oxygens (including phenoxy) is 1. The van der Waals surface area contributed by atoms with Crippen LogP contribution in [0.15, 0.2) is 41.8 Å². The van der Waals surface area contributed by atoms with Crippen molar-refractivity contribution in [3.05, 3.63) is 42.2 Å². The number of methoxy groups -OCH3 is 1. The van der Waals surface area contributed by atoms with Gasteiger partial charge in [-0.3, -0.25) is 4.79 Å². The number of nitrogens with one attached hydrogen (secondary N) is 1. The molecule has 1 heterocycles. The first kappa shape index (κ1) is 11.7. The molecule has 0 aliphatic heterocycles. The van der Waals surface area contributed by atoms with E-state index in [1.54, 1.807) is 31.6 Å². The normalized spacial score (nSPS) is 10.2. The standard InChI is InChI=1S/C12H12N2O2S/c1-16-11-5-3-2-4-9(11)10(15)8-17-12-13-6-7-14-12/h2-7H,8H2,1H3,(H,13,14). The van der Waals surface area contributed by atoms with Crippen molar-refractivity contribution in [2.45, 2.75) is 5.16 Å². The fourth-order valence-electron chi connectivity index (χ4n) is 1.42. The molecule has 0 saturated heterocycles. The predicted octanol–water partition coefficient (Wildman–Crippen LogP) is 2.39. The quantitative estimate of drug-likeness (QED) is 0.652. The Labute approximate surface area is 103 Å². The number of ketones is 1. The lowest BCUT2D eigenvalue weighted by molar-refractivity contribution is 0.101. The van der Waals surface area contributed by atoms with E-state index < -0.39 is 0 Å². The Balaban J connectivity index is 2.04. The fraction of sp³-hybridized carbons (Fsp3) is 0.167. The van der Waals surface area contributed by atoms with Gasteiger partial charge in [0, 0.05) is 12.4 Å². The van der Waals surface area contributed by atoms with Crippen LogP contribution < -0.4 is 4.74 Å². The van der Waals surface area contributed by atoms with Gasteiger partial charge >= 0.3 is 0 Å². The second-order valence-corrected chi connectivity index (χ2v) is 4.27. The Morgan fingerprint density at radius 1 is 1.47 bits per heavy atom. The number of hydrogen-bond acceptors (Lipinski definition) is 4. The smallest absolute Gasteiger partial charge is 0.176 e. The Morgan fingerprint density at radius 3 is 3.00 bits per heavy atom. The SMILES string of the molecule is COc1ccccc1C(=O)CSc1ncc[nH]1. The highest BCUT2D eigenvalue weighted by molar-refractivity contribution is 7.99. The van der Waals surface area contributed by atoms with Gasteiger partial charge in [-0.2, -0.15) is 0 Å². The number of Topliss-reactive ketones (excluding diaryl/α,β-unsaturated/α-hetero) is 1. The maximum absolute atomic E-state index is 12.0. The molecule has 5 heteroatoms.